The predicted molar refractivity (Wildman–Crippen MR) is 189 cm³/mol. The molecular formula is C37H44Cl2N6O. The number of hydrogen-bond donors (Lipinski definition) is 0. The van der Waals surface area contributed by atoms with Crippen molar-refractivity contribution in [3.05, 3.63) is 99.8 Å². The van der Waals surface area contributed by atoms with Crippen LogP contribution < -0.4 is 4.90 Å². The van der Waals surface area contributed by atoms with Gasteiger partial charge in [0.2, 0.25) is 5.91 Å². The molecule has 0 unspecified atom stereocenters. The summed E-state index contributed by atoms with van der Waals surface area (Å²) in [6.07, 6.45) is 3.19. The first-order chi connectivity index (χ1) is 22.4. The van der Waals surface area contributed by atoms with Gasteiger partial charge in [0.25, 0.3) is 0 Å². The maximum atomic E-state index is 13.1. The van der Waals surface area contributed by atoms with E-state index < -0.39 is 0 Å². The van der Waals surface area contributed by atoms with E-state index in [-0.39, 0.29) is 17.9 Å². The fraction of sp³-hybridized carbons (Fsp3) is 0.432. The zero-order valence-corrected chi connectivity index (χ0v) is 28.4. The SMILES string of the molecule is CCCC[C@@H](C)C(=O)N1CCN(c2nc(CN3CCN(C(c4ccc(Cl)cc4)c4ccc(Cl)cc4)CC3)nc3ccccc23)CC1. The maximum Gasteiger partial charge on any atom is 0.225 e. The van der Waals surface area contributed by atoms with Crippen LogP contribution in [0.15, 0.2) is 72.8 Å². The Balaban J connectivity index is 1.14. The van der Waals surface area contributed by atoms with Crippen molar-refractivity contribution in [2.24, 2.45) is 5.92 Å². The molecule has 2 saturated heterocycles. The highest BCUT2D eigenvalue weighted by Gasteiger charge is 2.29. The molecule has 1 atom stereocenters. The summed E-state index contributed by atoms with van der Waals surface area (Å²) in [6.45, 7) is 11.6. The summed E-state index contributed by atoms with van der Waals surface area (Å²) in [5.41, 5.74) is 3.41. The van der Waals surface area contributed by atoms with Crippen LogP contribution >= 0.6 is 23.2 Å². The number of piperazine rings is 2. The summed E-state index contributed by atoms with van der Waals surface area (Å²) in [5.74, 6) is 2.21. The number of fused-ring (bicyclic) bond motifs is 1. The van der Waals surface area contributed by atoms with Crippen molar-refractivity contribution in [3.63, 3.8) is 0 Å². The molecule has 0 radical (unpaired) electrons. The van der Waals surface area contributed by atoms with Gasteiger partial charge in [-0.15, -0.1) is 0 Å². The van der Waals surface area contributed by atoms with E-state index >= 15 is 0 Å². The van der Waals surface area contributed by atoms with E-state index in [2.05, 4.69) is 71.0 Å². The first-order valence-electron chi connectivity index (χ1n) is 16.7. The third-order valence-corrected chi connectivity index (χ3v) is 9.95. The van der Waals surface area contributed by atoms with Gasteiger partial charge in [-0.05, 0) is 53.9 Å². The lowest BCUT2D eigenvalue weighted by Crippen LogP contribution is -2.50. The van der Waals surface area contributed by atoms with Gasteiger partial charge in [0.15, 0.2) is 0 Å². The van der Waals surface area contributed by atoms with Gasteiger partial charge >= 0.3 is 0 Å². The first kappa shape index (κ1) is 32.7. The smallest absolute Gasteiger partial charge is 0.225 e. The van der Waals surface area contributed by atoms with Gasteiger partial charge < -0.3 is 9.80 Å². The van der Waals surface area contributed by atoms with Crippen LogP contribution in [-0.4, -0.2) is 82.9 Å². The molecule has 0 bridgehead atoms. The molecule has 1 aromatic heterocycles. The third kappa shape index (κ3) is 7.66. The quantitative estimate of drug-likeness (QED) is 0.178. The van der Waals surface area contributed by atoms with E-state index in [1.165, 1.54) is 11.1 Å². The van der Waals surface area contributed by atoms with Crippen molar-refractivity contribution >= 4 is 45.8 Å². The molecule has 7 nitrogen and oxygen atoms in total. The largest absolute Gasteiger partial charge is 0.352 e. The number of unbranched alkanes of at least 4 members (excludes halogenated alkanes) is 1. The Bertz CT molecular complexity index is 1550. The second-order valence-electron chi connectivity index (χ2n) is 12.7. The summed E-state index contributed by atoms with van der Waals surface area (Å²) in [6, 6.07) is 24.8. The standard InChI is InChI=1S/C37H44Cl2N6O/c1-3-4-7-27(2)37(46)45-24-22-44(23-25-45)36-32-8-5-6-9-33(32)40-34(41-36)26-42-18-20-43(21-19-42)35(28-10-14-30(38)15-11-28)29-12-16-31(39)17-13-29/h5-6,8-17,27,35H,3-4,7,18-26H2,1-2H3/t27-/m1/s1. The van der Waals surface area contributed by atoms with E-state index in [9.17, 15) is 4.79 Å². The molecule has 0 aliphatic carbocycles. The topological polar surface area (TPSA) is 55.8 Å². The van der Waals surface area contributed by atoms with Crippen LogP contribution in [0.2, 0.25) is 10.0 Å². The Hall–Kier alpha value is -3.23. The zero-order chi connectivity index (χ0) is 32.0. The minimum absolute atomic E-state index is 0.0890. The van der Waals surface area contributed by atoms with E-state index in [0.717, 1.165) is 104 Å². The number of anilines is 1. The van der Waals surface area contributed by atoms with E-state index in [1.54, 1.807) is 0 Å². The molecule has 0 N–H and O–H groups in total. The van der Waals surface area contributed by atoms with Gasteiger partial charge in [0.05, 0.1) is 18.1 Å². The van der Waals surface area contributed by atoms with E-state index in [1.807, 2.05) is 35.2 Å². The molecule has 4 aromatic rings. The molecular weight excluding hydrogens is 615 g/mol. The second kappa shape index (κ2) is 15.1. The predicted octanol–water partition coefficient (Wildman–Crippen LogP) is 7.32. The Labute approximate surface area is 283 Å². The van der Waals surface area contributed by atoms with Crippen molar-refractivity contribution in [2.45, 2.75) is 45.7 Å². The van der Waals surface area contributed by atoms with E-state index in [4.69, 9.17) is 33.2 Å². The third-order valence-electron chi connectivity index (χ3n) is 9.44. The highest BCUT2D eigenvalue weighted by atomic mass is 35.5. The lowest BCUT2D eigenvalue weighted by molar-refractivity contribution is -0.135. The second-order valence-corrected chi connectivity index (χ2v) is 13.5. The van der Waals surface area contributed by atoms with E-state index in [0.29, 0.717) is 6.54 Å². The van der Waals surface area contributed by atoms with Crippen molar-refractivity contribution in [3.8, 4) is 0 Å². The van der Waals surface area contributed by atoms with Gasteiger partial charge in [0.1, 0.15) is 11.6 Å². The number of halogens is 2. The van der Waals surface area contributed by atoms with Gasteiger partial charge in [-0.1, -0.05) is 86.3 Å². The first-order valence-corrected chi connectivity index (χ1v) is 17.4. The highest BCUT2D eigenvalue weighted by Crippen LogP contribution is 2.32. The number of amides is 1. The molecule has 242 valence electrons. The monoisotopic (exact) mass is 658 g/mol. The fourth-order valence-corrected chi connectivity index (χ4v) is 7.04. The van der Waals surface area contributed by atoms with Crippen molar-refractivity contribution in [2.75, 3.05) is 57.3 Å². The van der Waals surface area contributed by atoms with Crippen LogP contribution in [0.25, 0.3) is 10.9 Å². The lowest BCUT2D eigenvalue weighted by Gasteiger charge is -2.40. The van der Waals surface area contributed by atoms with Gasteiger partial charge in [-0.3, -0.25) is 14.6 Å². The molecule has 3 aromatic carbocycles. The average molecular weight is 660 g/mol. The molecule has 0 spiro atoms. The summed E-state index contributed by atoms with van der Waals surface area (Å²) >= 11 is 12.5. The Kier molecular flexibility index (Phi) is 10.7. The van der Waals surface area contributed by atoms with Gasteiger partial charge in [0, 0.05) is 73.7 Å². The van der Waals surface area contributed by atoms with Gasteiger partial charge in [-0.25, -0.2) is 9.97 Å². The number of para-hydroxylation sites is 1. The van der Waals surface area contributed by atoms with Crippen molar-refractivity contribution < 1.29 is 4.79 Å². The van der Waals surface area contributed by atoms with Crippen LogP contribution in [0.3, 0.4) is 0 Å². The molecule has 2 aliphatic heterocycles. The number of benzene rings is 3. The number of carbonyl (C=O) groups is 1. The maximum absolute atomic E-state index is 13.1. The fourth-order valence-electron chi connectivity index (χ4n) is 6.79. The molecule has 6 rings (SSSR count). The number of carbonyl (C=O) groups excluding carboxylic acids is 1. The normalized spacial score (nSPS) is 17.2. The van der Waals surface area contributed by atoms with Crippen LogP contribution in [0.1, 0.15) is 56.1 Å². The summed E-state index contributed by atoms with van der Waals surface area (Å²) < 4.78 is 0. The molecule has 9 heteroatoms. The van der Waals surface area contributed by atoms with Crippen LogP contribution in [-0.2, 0) is 11.3 Å². The molecule has 1 amide bonds. The number of nitrogens with zero attached hydrogens (tertiary/aromatic N) is 6. The minimum atomic E-state index is 0.0890. The minimum Gasteiger partial charge on any atom is -0.352 e. The number of rotatable bonds is 10. The number of hydrogen-bond acceptors (Lipinski definition) is 6. The Morgan fingerprint density at radius 3 is 2.00 bits per heavy atom. The van der Waals surface area contributed by atoms with Gasteiger partial charge in [-0.2, -0.15) is 0 Å². The Morgan fingerprint density at radius 1 is 0.783 bits per heavy atom. The zero-order valence-electron chi connectivity index (χ0n) is 26.9. The molecule has 2 fully saturated rings. The molecule has 3 heterocycles. The lowest BCUT2D eigenvalue weighted by atomic mass is 9.96. The Morgan fingerprint density at radius 2 is 1.39 bits per heavy atom. The molecule has 2 aliphatic rings. The van der Waals surface area contributed by atoms with Crippen LogP contribution in [0.4, 0.5) is 5.82 Å². The van der Waals surface area contributed by atoms with Crippen LogP contribution in [0, 0.1) is 5.92 Å². The van der Waals surface area contributed by atoms with Crippen LogP contribution in [0.5, 0.6) is 0 Å². The average Bonchev–Trinajstić information content (AvgIpc) is 3.09. The molecule has 0 saturated carbocycles. The molecule has 46 heavy (non-hydrogen) atoms. The summed E-state index contributed by atoms with van der Waals surface area (Å²) in [5, 5.41) is 2.55. The summed E-state index contributed by atoms with van der Waals surface area (Å²) in [4.78, 5) is 32.6. The number of aromatic nitrogens is 2. The summed E-state index contributed by atoms with van der Waals surface area (Å²) in [7, 11) is 0. The highest BCUT2D eigenvalue weighted by molar-refractivity contribution is 6.30. The van der Waals surface area contributed by atoms with Crippen molar-refractivity contribution in [1.29, 1.82) is 0 Å². The van der Waals surface area contributed by atoms with Crippen molar-refractivity contribution in [1.82, 2.24) is 24.7 Å².